The van der Waals surface area contributed by atoms with Gasteiger partial charge in [-0.25, -0.2) is 9.37 Å². The molecule has 1 heterocycles. The van der Waals surface area contributed by atoms with Crippen LogP contribution in [-0.4, -0.2) is 35.8 Å². The third-order valence-electron chi connectivity index (χ3n) is 5.14. The predicted molar refractivity (Wildman–Crippen MR) is 133 cm³/mol. The first-order valence-electron chi connectivity index (χ1n) is 10.5. The number of aromatic amines is 1. The fraction of sp³-hybridized carbons (Fsp3) is 0.154. The van der Waals surface area contributed by atoms with Crippen LogP contribution < -0.4 is 14.8 Å². The number of aromatic nitrogens is 2. The molecule has 0 aliphatic heterocycles. The Morgan fingerprint density at radius 2 is 1.65 bits per heavy atom. The van der Waals surface area contributed by atoms with Gasteiger partial charge in [-0.2, -0.15) is 0 Å². The maximum absolute atomic E-state index is 13.5. The SMILES string of the molecule is COc1ccc(-c2nc(SCC(=O)Nc3ccc(C)cc3)c(-c3ccc(F)cc3)[nH]2)cc1OC. The first-order chi connectivity index (χ1) is 16.5. The van der Waals surface area contributed by atoms with Crippen LogP contribution in [0.5, 0.6) is 11.5 Å². The maximum Gasteiger partial charge on any atom is 0.234 e. The Hall–Kier alpha value is -3.78. The molecule has 6 nitrogen and oxygen atoms in total. The predicted octanol–water partition coefficient (Wildman–Crippen LogP) is 5.94. The van der Waals surface area contributed by atoms with E-state index in [1.807, 2.05) is 43.3 Å². The smallest absolute Gasteiger partial charge is 0.234 e. The Bertz CT molecular complexity index is 1290. The molecule has 0 saturated heterocycles. The number of carbonyl (C=O) groups excluding carboxylic acids is 1. The number of H-pyrrole nitrogens is 1. The number of halogens is 1. The van der Waals surface area contributed by atoms with E-state index in [4.69, 9.17) is 14.5 Å². The number of amides is 1. The molecule has 0 fully saturated rings. The van der Waals surface area contributed by atoms with Crippen LogP contribution in [0, 0.1) is 12.7 Å². The number of thioether (sulfide) groups is 1. The number of methoxy groups -OCH3 is 2. The van der Waals surface area contributed by atoms with E-state index in [0.29, 0.717) is 28.0 Å². The molecule has 3 aromatic carbocycles. The number of nitrogens with one attached hydrogen (secondary N) is 2. The van der Waals surface area contributed by atoms with Crippen molar-refractivity contribution < 1.29 is 18.7 Å². The molecule has 174 valence electrons. The second-order valence-corrected chi connectivity index (χ2v) is 8.51. The minimum atomic E-state index is -0.324. The zero-order chi connectivity index (χ0) is 24.1. The van der Waals surface area contributed by atoms with Crippen molar-refractivity contribution in [3.8, 4) is 34.1 Å². The van der Waals surface area contributed by atoms with Gasteiger partial charge in [-0.05, 0) is 61.5 Å². The summed E-state index contributed by atoms with van der Waals surface area (Å²) in [6.45, 7) is 1.99. The standard InChI is InChI=1S/C26H24FN3O3S/c1-16-4-11-20(12-5-16)28-23(31)15-34-26-24(17-6-9-19(27)10-7-17)29-25(30-26)18-8-13-21(32-2)22(14-18)33-3/h4-14H,15H2,1-3H3,(H,28,31)(H,29,30). The molecule has 4 aromatic rings. The van der Waals surface area contributed by atoms with Crippen LogP contribution in [0.25, 0.3) is 22.6 Å². The van der Waals surface area contributed by atoms with Gasteiger partial charge in [-0.15, -0.1) is 0 Å². The van der Waals surface area contributed by atoms with E-state index in [-0.39, 0.29) is 17.5 Å². The van der Waals surface area contributed by atoms with Crippen LogP contribution >= 0.6 is 11.8 Å². The number of nitrogens with zero attached hydrogens (tertiary/aromatic N) is 1. The van der Waals surface area contributed by atoms with E-state index >= 15 is 0 Å². The summed E-state index contributed by atoms with van der Waals surface area (Å²) in [4.78, 5) is 20.6. The van der Waals surface area contributed by atoms with Gasteiger partial charge in [0.25, 0.3) is 0 Å². The fourth-order valence-corrected chi connectivity index (χ4v) is 4.17. The van der Waals surface area contributed by atoms with Gasteiger partial charge in [0.2, 0.25) is 5.91 Å². The third kappa shape index (κ3) is 5.40. The van der Waals surface area contributed by atoms with Crippen molar-refractivity contribution >= 4 is 23.4 Å². The first kappa shape index (κ1) is 23.4. The van der Waals surface area contributed by atoms with Gasteiger partial charge < -0.3 is 19.8 Å². The van der Waals surface area contributed by atoms with Crippen LogP contribution in [-0.2, 0) is 4.79 Å². The zero-order valence-corrected chi connectivity index (χ0v) is 19.8. The molecule has 8 heteroatoms. The van der Waals surface area contributed by atoms with E-state index in [1.165, 1.54) is 23.9 Å². The van der Waals surface area contributed by atoms with Gasteiger partial charge in [-0.3, -0.25) is 4.79 Å². The molecule has 0 saturated carbocycles. The lowest BCUT2D eigenvalue weighted by molar-refractivity contribution is -0.113. The van der Waals surface area contributed by atoms with Crippen molar-refractivity contribution in [1.29, 1.82) is 0 Å². The highest BCUT2D eigenvalue weighted by atomic mass is 32.2. The fourth-order valence-electron chi connectivity index (χ4n) is 3.36. The van der Waals surface area contributed by atoms with E-state index in [1.54, 1.807) is 32.4 Å². The Labute approximate surface area is 201 Å². The van der Waals surface area contributed by atoms with Crippen molar-refractivity contribution in [3.05, 3.63) is 78.1 Å². The molecule has 0 aliphatic rings. The average molecular weight is 478 g/mol. The largest absolute Gasteiger partial charge is 0.493 e. The Morgan fingerprint density at radius 1 is 0.971 bits per heavy atom. The van der Waals surface area contributed by atoms with Crippen LogP contribution in [0.1, 0.15) is 5.56 Å². The minimum Gasteiger partial charge on any atom is -0.493 e. The maximum atomic E-state index is 13.5. The topological polar surface area (TPSA) is 76.2 Å². The highest BCUT2D eigenvalue weighted by molar-refractivity contribution is 8.00. The molecule has 1 amide bonds. The van der Waals surface area contributed by atoms with Gasteiger partial charge in [-0.1, -0.05) is 29.5 Å². The number of hydrogen-bond donors (Lipinski definition) is 2. The van der Waals surface area contributed by atoms with Gasteiger partial charge in [0, 0.05) is 16.8 Å². The second kappa shape index (κ2) is 10.4. The van der Waals surface area contributed by atoms with Crippen molar-refractivity contribution in [2.45, 2.75) is 11.9 Å². The van der Waals surface area contributed by atoms with Crippen molar-refractivity contribution in [2.24, 2.45) is 0 Å². The number of aryl methyl sites for hydroxylation is 1. The third-order valence-corrected chi connectivity index (χ3v) is 6.11. The number of rotatable bonds is 8. The molecule has 2 N–H and O–H groups in total. The number of carbonyl (C=O) groups is 1. The molecule has 0 atom stereocenters. The summed E-state index contributed by atoms with van der Waals surface area (Å²) in [5.41, 5.74) is 4.12. The highest BCUT2D eigenvalue weighted by Crippen LogP contribution is 2.36. The Balaban J connectivity index is 1.61. The average Bonchev–Trinajstić information content (AvgIpc) is 3.28. The molecule has 1 aromatic heterocycles. The Kier molecular flexibility index (Phi) is 7.18. The molecule has 34 heavy (non-hydrogen) atoms. The summed E-state index contributed by atoms with van der Waals surface area (Å²) in [5.74, 6) is 1.48. The molecule has 0 radical (unpaired) electrons. The molecular weight excluding hydrogens is 453 g/mol. The van der Waals surface area contributed by atoms with Crippen LogP contribution in [0.2, 0.25) is 0 Å². The molecule has 0 bridgehead atoms. The number of benzene rings is 3. The van der Waals surface area contributed by atoms with Gasteiger partial charge in [0.05, 0.1) is 25.7 Å². The number of hydrogen-bond acceptors (Lipinski definition) is 5. The normalized spacial score (nSPS) is 10.7. The van der Waals surface area contributed by atoms with E-state index in [9.17, 15) is 9.18 Å². The minimum absolute atomic E-state index is 0.144. The van der Waals surface area contributed by atoms with Gasteiger partial charge >= 0.3 is 0 Å². The number of ether oxygens (including phenoxy) is 2. The summed E-state index contributed by atoms with van der Waals surface area (Å²) in [7, 11) is 3.15. The molecular formula is C26H24FN3O3S. The van der Waals surface area contributed by atoms with Gasteiger partial charge in [0.1, 0.15) is 16.7 Å². The Morgan fingerprint density at radius 3 is 2.32 bits per heavy atom. The van der Waals surface area contributed by atoms with Crippen molar-refractivity contribution in [3.63, 3.8) is 0 Å². The van der Waals surface area contributed by atoms with E-state index in [2.05, 4.69) is 10.3 Å². The number of anilines is 1. The summed E-state index contributed by atoms with van der Waals surface area (Å²) in [6, 6.07) is 19.3. The molecule has 0 unspecified atom stereocenters. The van der Waals surface area contributed by atoms with Crippen LogP contribution in [0.4, 0.5) is 10.1 Å². The zero-order valence-electron chi connectivity index (χ0n) is 19.0. The van der Waals surface area contributed by atoms with Crippen molar-refractivity contribution in [1.82, 2.24) is 9.97 Å². The summed E-state index contributed by atoms with van der Waals surface area (Å²) in [5, 5.41) is 3.53. The van der Waals surface area contributed by atoms with E-state index in [0.717, 1.165) is 22.4 Å². The lowest BCUT2D eigenvalue weighted by Gasteiger charge is -2.08. The monoisotopic (exact) mass is 477 g/mol. The van der Waals surface area contributed by atoms with Crippen LogP contribution in [0.15, 0.2) is 71.8 Å². The summed E-state index contributed by atoms with van der Waals surface area (Å²) < 4.78 is 24.2. The quantitative estimate of drug-likeness (QED) is 0.307. The van der Waals surface area contributed by atoms with Crippen LogP contribution in [0.3, 0.4) is 0 Å². The lowest BCUT2D eigenvalue weighted by Crippen LogP contribution is -2.14. The van der Waals surface area contributed by atoms with Gasteiger partial charge in [0.15, 0.2) is 11.5 Å². The first-order valence-corrected chi connectivity index (χ1v) is 11.5. The lowest BCUT2D eigenvalue weighted by atomic mass is 10.1. The number of imidazole rings is 1. The molecule has 0 spiro atoms. The highest BCUT2D eigenvalue weighted by Gasteiger charge is 2.17. The molecule has 0 aliphatic carbocycles. The summed E-state index contributed by atoms with van der Waals surface area (Å²) >= 11 is 1.31. The van der Waals surface area contributed by atoms with E-state index < -0.39 is 0 Å². The van der Waals surface area contributed by atoms with Crippen molar-refractivity contribution in [2.75, 3.05) is 25.3 Å². The molecule has 4 rings (SSSR count). The summed E-state index contributed by atoms with van der Waals surface area (Å²) in [6.07, 6.45) is 0. The second-order valence-electron chi connectivity index (χ2n) is 7.55.